The van der Waals surface area contributed by atoms with Crippen molar-refractivity contribution in [2.45, 2.75) is 72.3 Å². The lowest BCUT2D eigenvalue weighted by atomic mass is 9.97. The molecule has 0 amide bonds. The molecule has 194 valence electrons. The van der Waals surface area contributed by atoms with E-state index in [2.05, 4.69) is 18.6 Å². The Labute approximate surface area is 218 Å². The minimum atomic E-state index is -0.436. The van der Waals surface area contributed by atoms with Crippen LogP contribution in [0.3, 0.4) is 0 Å². The predicted octanol–water partition coefficient (Wildman–Crippen LogP) is 6.85. The van der Waals surface area contributed by atoms with Crippen LogP contribution >= 0.6 is 11.3 Å². The Morgan fingerprint density at radius 3 is 2.61 bits per heavy atom. The van der Waals surface area contributed by atoms with Crippen molar-refractivity contribution < 1.29 is 19.1 Å². The number of thiazole rings is 1. The minimum absolute atomic E-state index is 0.0866. The molecule has 8 heteroatoms. The zero-order valence-electron chi connectivity index (χ0n) is 21.7. The van der Waals surface area contributed by atoms with Gasteiger partial charge in [-0.3, -0.25) is 4.79 Å². The summed E-state index contributed by atoms with van der Waals surface area (Å²) in [6.45, 7) is 11.7. The average molecular weight is 512 g/mol. The Morgan fingerprint density at radius 1 is 1.25 bits per heavy atom. The first-order valence-electron chi connectivity index (χ1n) is 12.4. The zero-order chi connectivity index (χ0) is 26.3. The molecule has 1 aliphatic carbocycles. The van der Waals surface area contributed by atoms with E-state index in [0.717, 1.165) is 47.8 Å². The Bertz CT molecular complexity index is 1040. The summed E-state index contributed by atoms with van der Waals surface area (Å²) in [5.41, 5.74) is 1.79. The predicted molar refractivity (Wildman–Crippen MR) is 149 cm³/mol. The maximum Gasteiger partial charge on any atom is 0.339 e. The van der Waals surface area contributed by atoms with Crippen molar-refractivity contribution in [2.24, 2.45) is 5.10 Å². The van der Waals surface area contributed by atoms with Gasteiger partial charge < -0.3 is 9.47 Å². The lowest BCUT2D eigenvalue weighted by Crippen LogP contribution is -2.23. The Hall–Kier alpha value is -3.26. The van der Waals surface area contributed by atoms with Crippen LogP contribution in [0.5, 0.6) is 0 Å². The summed E-state index contributed by atoms with van der Waals surface area (Å²) in [5, 5.41) is 7.26. The molecule has 0 unspecified atom stereocenters. The molecule has 1 aliphatic rings. The molecule has 36 heavy (non-hydrogen) atoms. The number of nitrogens with zero attached hydrogens (tertiary/aromatic N) is 3. The first-order chi connectivity index (χ1) is 17.4. The summed E-state index contributed by atoms with van der Waals surface area (Å²) in [6.07, 6.45) is 19.3. The van der Waals surface area contributed by atoms with Gasteiger partial charge in [0.05, 0.1) is 28.6 Å². The average Bonchev–Trinajstić information content (AvgIpc) is 3.28. The van der Waals surface area contributed by atoms with E-state index in [1.165, 1.54) is 37.0 Å². The fourth-order valence-electron chi connectivity index (χ4n) is 3.66. The molecule has 1 aromatic heterocycles. The molecule has 0 atom stereocenters. The first kappa shape index (κ1) is 29.0. The highest BCUT2D eigenvalue weighted by atomic mass is 32.1. The molecule has 1 aromatic rings. The monoisotopic (exact) mass is 511 g/mol. The second kappa shape index (κ2) is 15.7. The largest absolute Gasteiger partial charge is 0.459 e. The van der Waals surface area contributed by atoms with Crippen LogP contribution in [0.25, 0.3) is 12.2 Å². The van der Waals surface area contributed by atoms with Crippen LogP contribution in [-0.2, 0) is 19.1 Å². The smallest absolute Gasteiger partial charge is 0.339 e. The summed E-state index contributed by atoms with van der Waals surface area (Å²) in [5.74, 6) is -0.858. The van der Waals surface area contributed by atoms with E-state index >= 15 is 0 Å². The van der Waals surface area contributed by atoms with Crippen molar-refractivity contribution in [3.63, 3.8) is 0 Å². The van der Waals surface area contributed by atoms with Gasteiger partial charge in [-0.25, -0.2) is 14.8 Å². The number of carbonyl (C=O) groups excluding carboxylic acids is 2. The lowest BCUT2D eigenvalue weighted by molar-refractivity contribution is -0.145. The van der Waals surface area contributed by atoms with E-state index in [-0.39, 0.29) is 6.10 Å². The Balaban J connectivity index is 2.34. The maximum absolute atomic E-state index is 13.2. The lowest BCUT2D eigenvalue weighted by Gasteiger charge is -2.22. The molecule has 0 aliphatic heterocycles. The molecule has 7 nitrogen and oxygen atoms in total. The van der Waals surface area contributed by atoms with Gasteiger partial charge in [0.25, 0.3) is 0 Å². The molecule has 0 saturated heterocycles. The van der Waals surface area contributed by atoms with E-state index in [0.29, 0.717) is 17.7 Å². The molecule has 0 bridgehead atoms. The van der Waals surface area contributed by atoms with Crippen LogP contribution in [0.15, 0.2) is 53.4 Å². The third-order valence-corrected chi connectivity index (χ3v) is 6.50. The normalized spacial score (nSPS) is 15.7. The van der Waals surface area contributed by atoms with E-state index in [1.807, 2.05) is 37.1 Å². The second-order valence-corrected chi connectivity index (χ2v) is 9.25. The number of aromatic nitrogens is 1. The molecule has 1 heterocycles. The van der Waals surface area contributed by atoms with Gasteiger partial charge in [-0.1, -0.05) is 43.4 Å². The Kier molecular flexibility index (Phi) is 12.6. The van der Waals surface area contributed by atoms with Crippen LogP contribution in [0.2, 0.25) is 0 Å². The van der Waals surface area contributed by atoms with Gasteiger partial charge in [-0.05, 0) is 70.3 Å². The second-order valence-electron chi connectivity index (χ2n) is 8.25. The van der Waals surface area contributed by atoms with Gasteiger partial charge in [0, 0.05) is 19.0 Å². The SMILES string of the molecule is C=Cc1sc(N(CCC)/N=C/C(=C/C)C(=C\C=C\OC(C)=O)/C(=O)OC2CCCCC2)nc1/C=C\C. The number of anilines is 1. The number of hydrogen-bond donors (Lipinski definition) is 0. The maximum atomic E-state index is 13.2. The van der Waals surface area contributed by atoms with Gasteiger partial charge in [0.2, 0.25) is 5.13 Å². The highest BCUT2D eigenvalue weighted by molar-refractivity contribution is 7.16. The highest BCUT2D eigenvalue weighted by Crippen LogP contribution is 2.29. The number of hydrogen-bond acceptors (Lipinski definition) is 8. The number of allylic oxidation sites excluding steroid dienone is 4. The van der Waals surface area contributed by atoms with Crippen LogP contribution in [0, 0.1) is 0 Å². The number of esters is 2. The highest BCUT2D eigenvalue weighted by Gasteiger charge is 2.22. The van der Waals surface area contributed by atoms with E-state index in [1.54, 1.807) is 18.4 Å². The fourth-order valence-corrected chi connectivity index (χ4v) is 4.55. The fraction of sp³-hybridized carbons (Fsp3) is 0.429. The summed E-state index contributed by atoms with van der Waals surface area (Å²) in [4.78, 5) is 29.9. The quantitative estimate of drug-likeness (QED) is 0.0762. The number of rotatable bonds is 12. The summed E-state index contributed by atoms with van der Waals surface area (Å²) in [6, 6.07) is 0. The van der Waals surface area contributed by atoms with E-state index in [4.69, 9.17) is 14.5 Å². The van der Waals surface area contributed by atoms with E-state index < -0.39 is 11.9 Å². The third-order valence-electron chi connectivity index (χ3n) is 5.42. The standard InChI is InChI=1S/C28H37N3O4S/c1-6-14-25-26(9-4)36-28(30-25)31(18-7-2)29-20-22(8-3)24(17-13-19-34-21(5)32)27(33)35-23-15-11-10-12-16-23/h6,8-9,13-14,17,19-20,23H,4,7,10-12,15-16,18H2,1-3,5H3/b14-6-,19-13+,22-8-,24-17+,29-20+. The minimum Gasteiger partial charge on any atom is -0.459 e. The molecule has 0 spiro atoms. The summed E-state index contributed by atoms with van der Waals surface area (Å²) in [7, 11) is 0. The molecule has 1 saturated carbocycles. The molecule has 1 fully saturated rings. The number of hydrazone groups is 1. The molecule has 0 N–H and O–H groups in total. The topological polar surface area (TPSA) is 81.1 Å². The van der Waals surface area contributed by atoms with Gasteiger partial charge >= 0.3 is 11.9 Å². The Morgan fingerprint density at radius 2 is 2.00 bits per heavy atom. The summed E-state index contributed by atoms with van der Waals surface area (Å²) < 4.78 is 10.7. The van der Waals surface area contributed by atoms with Gasteiger partial charge in [0.1, 0.15) is 6.10 Å². The van der Waals surface area contributed by atoms with Gasteiger partial charge in [-0.2, -0.15) is 5.10 Å². The van der Waals surface area contributed by atoms with Gasteiger partial charge in [-0.15, -0.1) is 0 Å². The molecular weight excluding hydrogens is 474 g/mol. The molecular formula is C28H37N3O4S. The van der Waals surface area contributed by atoms with Crippen molar-refractivity contribution in [1.82, 2.24) is 4.98 Å². The third kappa shape index (κ3) is 9.07. The van der Waals surface area contributed by atoms with Crippen LogP contribution < -0.4 is 5.01 Å². The molecule has 2 rings (SSSR count). The van der Waals surface area contributed by atoms with Crippen LogP contribution in [0.1, 0.15) is 76.8 Å². The number of carbonyl (C=O) groups is 2. The van der Waals surface area contributed by atoms with Gasteiger partial charge in [0.15, 0.2) is 0 Å². The van der Waals surface area contributed by atoms with Crippen molar-refractivity contribution in [3.8, 4) is 0 Å². The molecule has 0 aromatic carbocycles. The van der Waals surface area contributed by atoms with Crippen LogP contribution in [-0.4, -0.2) is 35.8 Å². The zero-order valence-corrected chi connectivity index (χ0v) is 22.6. The van der Waals surface area contributed by atoms with Crippen molar-refractivity contribution in [2.75, 3.05) is 11.6 Å². The number of ether oxygens (including phenoxy) is 2. The molecule has 0 radical (unpaired) electrons. The van der Waals surface area contributed by atoms with Crippen molar-refractivity contribution in [3.05, 3.63) is 58.9 Å². The van der Waals surface area contributed by atoms with Crippen molar-refractivity contribution in [1.29, 1.82) is 0 Å². The van der Waals surface area contributed by atoms with E-state index in [9.17, 15) is 9.59 Å². The summed E-state index contributed by atoms with van der Waals surface area (Å²) >= 11 is 1.51. The first-order valence-corrected chi connectivity index (χ1v) is 13.2. The van der Waals surface area contributed by atoms with Crippen LogP contribution in [0.4, 0.5) is 5.13 Å². The van der Waals surface area contributed by atoms with Crippen molar-refractivity contribution >= 4 is 46.8 Å².